The number of hydrogen-bond acceptors (Lipinski definition) is 5. The van der Waals surface area contributed by atoms with Crippen LogP contribution in [0.3, 0.4) is 0 Å². The fraction of sp³-hybridized carbons (Fsp3) is 0.469. The first-order valence-electron chi connectivity index (χ1n) is 13.5. The van der Waals surface area contributed by atoms with Crippen LogP contribution in [0.5, 0.6) is 5.75 Å². The summed E-state index contributed by atoms with van der Waals surface area (Å²) in [6.07, 6.45) is 2.59. The van der Waals surface area contributed by atoms with Crippen LogP contribution in [-0.2, 0) is 15.6 Å². The highest BCUT2D eigenvalue weighted by atomic mass is 16.5. The molecular weight excluding hydrogens is 476 g/mol. The highest BCUT2D eigenvalue weighted by Crippen LogP contribution is 2.38. The third-order valence-corrected chi connectivity index (χ3v) is 7.89. The molecular formula is C32H42N2O4. The minimum Gasteiger partial charge on any atom is -0.493 e. The summed E-state index contributed by atoms with van der Waals surface area (Å²) < 4.78 is 6.21. The zero-order valence-electron chi connectivity index (χ0n) is 24.2. The molecule has 1 amide bonds. The van der Waals surface area contributed by atoms with Crippen LogP contribution in [0.4, 0.5) is 0 Å². The lowest BCUT2D eigenvalue weighted by Crippen LogP contribution is -2.38. The molecule has 6 heteroatoms. The summed E-state index contributed by atoms with van der Waals surface area (Å²) in [7, 11) is 3.33. The molecule has 38 heavy (non-hydrogen) atoms. The molecule has 3 rings (SSSR count). The van der Waals surface area contributed by atoms with E-state index in [0.717, 1.165) is 18.6 Å². The number of rotatable bonds is 11. The van der Waals surface area contributed by atoms with Crippen molar-refractivity contribution in [2.45, 2.75) is 71.6 Å². The Labute approximate surface area is 227 Å². The van der Waals surface area contributed by atoms with Gasteiger partial charge < -0.3 is 15.0 Å². The quantitative estimate of drug-likeness (QED) is 0.299. The second-order valence-electron chi connectivity index (χ2n) is 11.5. The number of nitrogens with zero attached hydrogens (tertiary/aromatic N) is 1. The van der Waals surface area contributed by atoms with E-state index in [0.29, 0.717) is 25.1 Å². The smallest absolute Gasteiger partial charge is 0.257 e. The number of ketones is 2. The minimum atomic E-state index is -0.541. The third kappa shape index (κ3) is 5.85. The number of carbonyl (C=O) groups is 3. The lowest BCUT2D eigenvalue weighted by molar-refractivity contribution is -0.117. The molecule has 1 aliphatic carbocycles. The number of amides is 1. The van der Waals surface area contributed by atoms with Crippen molar-refractivity contribution < 1.29 is 19.1 Å². The van der Waals surface area contributed by atoms with Crippen LogP contribution in [0.2, 0.25) is 0 Å². The zero-order valence-corrected chi connectivity index (χ0v) is 24.2. The van der Waals surface area contributed by atoms with Gasteiger partial charge in [-0.25, -0.2) is 0 Å². The Balaban J connectivity index is 1.70. The molecule has 0 spiro atoms. The number of allylic oxidation sites excluding steroid dienone is 1. The SMILES string of the molecule is CCC(C)(C)c1ccc(OCCCNC(=O)C2=C(N(C)C)C(=O)c3ccccc3C2=O)c(C(C)(C)CC)c1. The van der Waals surface area contributed by atoms with Gasteiger partial charge in [-0.05, 0) is 41.7 Å². The van der Waals surface area contributed by atoms with E-state index in [-0.39, 0.29) is 33.4 Å². The first-order valence-corrected chi connectivity index (χ1v) is 13.5. The highest BCUT2D eigenvalue weighted by molar-refractivity contribution is 6.36. The van der Waals surface area contributed by atoms with Crippen molar-refractivity contribution in [2.24, 2.45) is 0 Å². The predicted octanol–water partition coefficient (Wildman–Crippen LogP) is 5.84. The third-order valence-electron chi connectivity index (χ3n) is 7.89. The van der Waals surface area contributed by atoms with Crippen LogP contribution < -0.4 is 10.1 Å². The molecule has 1 aliphatic rings. The Kier molecular flexibility index (Phi) is 8.86. The summed E-state index contributed by atoms with van der Waals surface area (Å²) in [5, 5.41) is 2.82. The maximum absolute atomic E-state index is 13.1. The molecule has 2 aromatic carbocycles. The monoisotopic (exact) mass is 518 g/mol. The van der Waals surface area contributed by atoms with E-state index in [4.69, 9.17) is 4.74 Å². The molecule has 2 aromatic rings. The number of hydrogen-bond donors (Lipinski definition) is 1. The van der Waals surface area contributed by atoms with Gasteiger partial charge in [-0.1, -0.05) is 77.9 Å². The molecule has 0 aromatic heterocycles. The van der Waals surface area contributed by atoms with Crippen LogP contribution >= 0.6 is 0 Å². The van der Waals surface area contributed by atoms with Gasteiger partial charge in [-0.3, -0.25) is 14.4 Å². The number of nitrogens with one attached hydrogen (secondary N) is 1. The normalized spacial score (nSPS) is 13.9. The summed E-state index contributed by atoms with van der Waals surface area (Å²) in [4.78, 5) is 40.8. The maximum atomic E-state index is 13.1. The molecule has 0 unspecified atom stereocenters. The lowest BCUT2D eigenvalue weighted by Gasteiger charge is -2.30. The van der Waals surface area contributed by atoms with Crippen molar-refractivity contribution in [2.75, 3.05) is 27.2 Å². The van der Waals surface area contributed by atoms with Crippen LogP contribution in [0.15, 0.2) is 53.7 Å². The van der Waals surface area contributed by atoms with Gasteiger partial charge in [0, 0.05) is 37.3 Å². The van der Waals surface area contributed by atoms with Crippen molar-refractivity contribution in [1.82, 2.24) is 10.2 Å². The second-order valence-corrected chi connectivity index (χ2v) is 11.5. The van der Waals surface area contributed by atoms with Gasteiger partial charge in [0.25, 0.3) is 5.91 Å². The van der Waals surface area contributed by atoms with Gasteiger partial charge in [-0.2, -0.15) is 0 Å². The fourth-order valence-electron chi connectivity index (χ4n) is 4.54. The number of Topliss-reactive ketones (excluding diaryl/α,β-unsaturated/α-hetero) is 2. The van der Waals surface area contributed by atoms with Crippen LogP contribution in [0.1, 0.15) is 92.6 Å². The Morgan fingerprint density at radius 3 is 2.08 bits per heavy atom. The van der Waals surface area contributed by atoms with E-state index in [1.54, 1.807) is 38.4 Å². The summed E-state index contributed by atoms with van der Waals surface area (Å²) in [6.45, 7) is 14.1. The molecule has 0 saturated carbocycles. The van der Waals surface area contributed by atoms with Gasteiger partial charge in [0.2, 0.25) is 11.6 Å². The Morgan fingerprint density at radius 1 is 0.895 bits per heavy atom. The highest BCUT2D eigenvalue weighted by Gasteiger charge is 2.36. The van der Waals surface area contributed by atoms with Crippen molar-refractivity contribution in [3.05, 3.63) is 76.0 Å². The van der Waals surface area contributed by atoms with E-state index >= 15 is 0 Å². The molecule has 0 aliphatic heterocycles. The van der Waals surface area contributed by atoms with E-state index in [1.807, 2.05) is 0 Å². The van der Waals surface area contributed by atoms with Gasteiger partial charge in [0.05, 0.1) is 6.61 Å². The van der Waals surface area contributed by atoms with E-state index in [1.165, 1.54) is 16.0 Å². The molecule has 0 radical (unpaired) electrons. The van der Waals surface area contributed by atoms with Crippen molar-refractivity contribution in [1.29, 1.82) is 0 Å². The van der Waals surface area contributed by atoms with Crippen molar-refractivity contribution in [3.63, 3.8) is 0 Å². The van der Waals surface area contributed by atoms with Crippen LogP contribution in [0.25, 0.3) is 0 Å². The number of carbonyl (C=O) groups excluding carboxylic acids is 3. The van der Waals surface area contributed by atoms with Crippen molar-refractivity contribution in [3.8, 4) is 5.75 Å². The van der Waals surface area contributed by atoms with E-state index in [9.17, 15) is 14.4 Å². The average molecular weight is 519 g/mol. The van der Waals surface area contributed by atoms with Crippen LogP contribution in [0, 0.1) is 0 Å². The van der Waals surface area contributed by atoms with E-state index in [2.05, 4.69) is 65.1 Å². The molecule has 6 nitrogen and oxygen atoms in total. The molecule has 0 bridgehead atoms. The Morgan fingerprint density at radius 2 is 1.50 bits per heavy atom. The molecule has 0 atom stereocenters. The number of fused-ring (bicyclic) bond motifs is 1. The first kappa shape index (κ1) is 29.2. The standard InChI is InChI=1S/C32H42N2O4/c1-9-31(3,4)21-16-17-25(24(20-21)32(5,6)10-2)38-19-13-18-33-30(37)26-27(34(7)8)29(36)23-15-12-11-14-22(23)28(26)35/h11-12,14-17,20H,9-10,13,18-19H2,1-8H3,(H,33,37). The zero-order chi connectivity index (χ0) is 28.3. The molecule has 204 valence electrons. The fourth-order valence-corrected chi connectivity index (χ4v) is 4.54. The van der Waals surface area contributed by atoms with Gasteiger partial charge in [0.1, 0.15) is 17.0 Å². The minimum absolute atomic E-state index is 0.0391. The lowest BCUT2D eigenvalue weighted by atomic mass is 9.76. The molecule has 0 fully saturated rings. The topological polar surface area (TPSA) is 75.7 Å². The molecule has 0 saturated heterocycles. The number of ether oxygens (including phenoxy) is 1. The Bertz CT molecular complexity index is 1250. The summed E-state index contributed by atoms with van der Waals surface area (Å²) in [5.74, 6) is -0.430. The van der Waals surface area contributed by atoms with Crippen LogP contribution in [-0.4, -0.2) is 49.6 Å². The van der Waals surface area contributed by atoms with E-state index < -0.39 is 11.7 Å². The first-order chi connectivity index (χ1) is 17.9. The molecule has 0 heterocycles. The summed E-state index contributed by atoms with van der Waals surface area (Å²) >= 11 is 0. The van der Waals surface area contributed by atoms with Gasteiger partial charge in [0.15, 0.2) is 0 Å². The molecule has 1 N–H and O–H groups in total. The van der Waals surface area contributed by atoms with Crippen molar-refractivity contribution >= 4 is 17.5 Å². The summed E-state index contributed by atoms with van der Waals surface area (Å²) in [5.41, 5.74) is 3.12. The largest absolute Gasteiger partial charge is 0.493 e. The number of benzene rings is 2. The number of likely N-dealkylation sites (N-methyl/N-ethyl adjacent to an activating group) is 1. The maximum Gasteiger partial charge on any atom is 0.257 e. The summed E-state index contributed by atoms with van der Waals surface area (Å²) in [6, 6.07) is 13.1. The van der Waals surface area contributed by atoms with Gasteiger partial charge in [-0.15, -0.1) is 0 Å². The van der Waals surface area contributed by atoms with Gasteiger partial charge >= 0.3 is 0 Å². The second kappa shape index (κ2) is 11.5. The Hall–Kier alpha value is -3.41. The predicted molar refractivity (Wildman–Crippen MR) is 152 cm³/mol. The average Bonchev–Trinajstić information content (AvgIpc) is 2.89.